The molecular weight excluding hydrogens is 393 g/mol. The van der Waals surface area contributed by atoms with Crippen LogP contribution >= 0.6 is 0 Å². The third kappa shape index (κ3) is 4.12. The van der Waals surface area contributed by atoms with Crippen LogP contribution in [0.15, 0.2) is 41.4 Å². The first-order chi connectivity index (χ1) is 13.2. The molecule has 2 fully saturated rings. The van der Waals surface area contributed by atoms with Gasteiger partial charge in [0.15, 0.2) is 0 Å². The van der Waals surface area contributed by atoms with Gasteiger partial charge in [0, 0.05) is 36.9 Å². The van der Waals surface area contributed by atoms with Gasteiger partial charge in [0.2, 0.25) is 16.0 Å². The van der Waals surface area contributed by atoms with Crippen molar-refractivity contribution >= 4 is 16.0 Å². The van der Waals surface area contributed by atoms with Crippen molar-refractivity contribution in [2.45, 2.75) is 42.3 Å². The van der Waals surface area contributed by atoms with E-state index in [0.717, 1.165) is 42.8 Å². The Balaban J connectivity index is 1.42. The molecule has 1 aromatic carbocycles. The van der Waals surface area contributed by atoms with Gasteiger partial charge in [-0.15, -0.1) is 0 Å². The summed E-state index contributed by atoms with van der Waals surface area (Å²) in [5.41, 5.74) is 0.130. The van der Waals surface area contributed by atoms with Gasteiger partial charge in [0.25, 0.3) is 0 Å². The van der Waals surface area contributed by atoms with Crippen molar-refractivity contribution in [1.82, 2.24) is 14.7 Å². The fourth-order valence-corrected chi connectivity index (χ4v) is 4.53. The van der Waals surface area contributed by atoms with Gasteiger partial charge in [-0.1, -0.05) is 0 Å². The Morgan fingerprint density at radius 3 is 2.43 bits per heavy atom. The molecule has 0 radical (unpaired) electrons. The van der Waals surface area contributed by atoms with Crippen LogP contribution in [-0.4, -0.2) is 37.5 Å². The molecule has 1 atom stereocenters. The van der Waals surface area contributed by atoms with E-state index in [1.54, 1.807) is 6.20 Å². The second-order valence-corrected chi connectivity index (χ2v) is 8.84. The van der Waals surface area contributed by atoms with E-state index in [1.165, 1.54) is 0 Å². The number of nitrogens with one attached hydrogen (secondary N) is 1. The van der Waals surface area contributed by atoms with Gasteiger partial charge in [-0.05, 0) is 49.6 Å². The van der Waals surface area contributed by atoms with Gasteiger partial charge < -0.3 is 4.90 Å². The SMILES string of the molecule is O=S(=O)(NC1CCN(c2nccc(C3CC3)n2)C1)c1ccc(C(F)(F)F)cc1. The molecule has 1 saturated carbocycles. The lowest BCUT2D eigenvalue weighted by atomic mass is 10.2. The number of sulfonamides is 1. The van der Waals surface area contributed by atoms with E-state index in [0.29, 0.717) is 31.4 Å². The number of rotatable bonds is 5. The van der Waals surface area contributed by atoms with Crippen LogP contribution in [-0.2, 0) is 16.2 Å². The number of halogens is 3. The van der Waals surface area contributed by atoms with Crippen LogP contribution in [0.25, 0.3) is 0 Å². The molecule has 2 aliphatic rings. The van der Waals surface area contributed by atoms with Gasteiger partial charge in [-0.3, -0.25) is 0 Å². The molecule has 1 aliphatic carbocycles. The number of hydrogen-bond donors (Lipinski definition) is 1. The minimum atomic E-state index is -4.50. The molecule has 4 rings (SSSR count). The lowest BCUT2D eigenvalue weighted by Gasteiger charge is -2.17. The maximum absolute atomic E-state index is 12.6. The predicted octanol–water partition coefficient (Wildman–Crippen LogP) is 2.93. The number of hydrogen-bond acceptors (Lipinski definition) is 5. The van der Waals surface area contributed by atoms with Gasteiger partial charge >= 0.3 is 6.18 Å². The Morgan fingerprint density at radius 2 is 1.79 bits per heavy atom. The Hall–Kier alpha value is -2.20. The van der Waals surface area contributed by atoms with Crippen molar-refractivity contribution < 1.29 is 21.6 Å². The zero-order chi connectivity index (χ0) is 19.9. The Bertz CT molecular complexity index is 960. The molecule has 2 aromatic rings. The Morgan fingerprint density at radius 1 is 1.07 bits per heavy atom. The largest absolute Gasteiger partial charge is 0.416 e. The molecule has 0 amide bonds. The summed E-state index contributed by atoms with van der Waals surface area (Å²) in [4.78, 5) is 10.6. The normalized spacial score (nSPS) is 20.5. The minimum Gasteiger partial charge on any atom is -0.339 e. The molecule has 0 bridgehead atoms. The maximum atomic E-state index is 12.6. The first-order valence-corrected chi connectivity index (χ1v) is 10.5. The number of alkyl halides is 3. The zero-order valence-corrected chi connectivity index (χ0v) is 15.7. The molecular formula is C18H19F3N4O2S. The number of benzene rings is 1. The summed E-state index contributed by atoms with van der Waals surface area (Å²) in [6.07, 6.45) is 0.0429. The van der Waals surface area contributed by atoms with E-state index in [9.17, 15) is 21.6 Å². The second-order valence-electron chi connectivity index (χ2n) is 7.13. The van der Waals surface area contributed by atoms with Crippen LogP contribution in [0.4, 0.5) is 19.1 Å². The predicted molar refractivity (Wildman–Crippen MR) is 96.4 cm³/mol. The third-order valence-electron chi connectivity index (χ3n) is 4.94. The van der Waals surface area contributed by atoms with E-state index in [2.05, 4.69) is 14.7 Å². The number of aromatic nitrogens is 2. The molecule has 1 saturated heterocycles. The van der Waals surface area contributed by atoms with Crippen LogP contribution < -0.4 is 9.62 Å². The van der Waals surface area contributed by atoms with Crippen molar-refractivity contribution in [2.24, 2.45) is 0 Å². The molecule has 1 aromatic heterocycles. The van der Waals surface area contributed by atoms with Gasteiger partial charge in [-0.25, -0.2) is 23.1 Å². The zero-order valence-electron chi connectivity index (χ0n) is 14.9. The average molecular weight is 412 g/mol. The highest BCUT2D eigenvalue weighted by molar-refractivity contribution is 7.89. The minimum absolute atomic E-state index is 0.189. The summed E-state index contributed by atoms with van der Waals surface area (Å²) in [6.45, 7) is 1.02. The first-order valence-electron chi connectivity index (χ1n) is 9.00. The summed E-state index contributed by atoms with van der Waals surface area (Å²) >= 11 is 0. The number of anilines is 1. The molecule has 1 aliphatic heterocycles. The quantitative estimate of drug-likeness (QED) is 0.817. The van der Waals surface area contributed by atoms with Gasteiger partial charge in [0.05, 0.1) is 10.5 Å². The van der Waals surface area contributed by atoms with Crippen LogP contribution in [0, 0.1) is 0 Å². The Labute approximate surface area is 160 Å². The van der Waals surface area contributed by atoms with Crippen LogP contribution in [0.1, 0.15) is 36.4 Å². The lowest BCUT2D eigenvalue weighted by molar-refractivity contribution is -0.137. The monoisotopic (exact) mass is 412 g/mol. The van der Waals surface area contributed by atoms with Gasteiger partial charge in [-0.2, -0.15) is 13.2 Å². The molecule has 1 unspecified atom stereocenters. The van der Waals surface area contributed by atoms with Gasteiger partial charge in [0.1, 0.15) is 0 Å². The van der Waals surface area contributed by atoms with Crippen molar-refractivity contribution in [3.05, 3.63) is 47.8 Å². The van der Waals surface area contributed by atoms with Crippen LogP contribution in [0.2, 0.25) is 0 Å². The van der Waals surface area contributed by atoms with E-state index in [-0.39, 0.29) is 10.9 Å². The van der Waals surface area contributed by atoms with Crippen LogP contribution in [0.3, 0.4) is 0 Å². The van der Waals surface area contributed by atoms with Crippen molar-refractivity contribution in [3.63, 3.8) is 0 Å². The maximum Gasteiger partial charge on any atom is 0.416 e. The molecule has 150 valence electrons. The standard InChI is InChI=1S/C18H19F3N4O2S/c19-18(20,21)13-3-5-15(6-4-13)28(26,27)24-14-8-10-25(11-14)17-22-9-7-16(23-17)12-1-2-12/h3-7,9,12,14,24H,1-2,8,10-11H2. The summed E-state index contributed by atoms with van der Waals surface area (Å²) in [5, 5.41) is 0. The molecule has 2 heterocycles. The fraction of sp³-hybridized carbons (Fsp3) is 0.444. The number of nitrogens with zero attached hydrogens (tertiary/aromatic N) is 3. The summed E-state index contributed by atoms with van der Waals surface area (Å²) < 4.78 is 65.5. The van der Waals surface area contributed by atoms with E-state index < -0.39 is 21.8 Å². The molecule has 10 heteroatoms. The van der Waals surface area contributed by atoms with E-state index in [4.69, 9.17) is 0 Å². The topological polar surface area (TPSA) is 75.2 Å². The third-order valence-corrected chi connectivity index (χ3v) is 6.48. The summed E-state index contributed by atoms with van der Waals surface area (Å²) in [6, 6.07) is 5.03. The summed E-state index contributed by atoms with van der Waals surface area (Å²) in [5.74, 6) is 1.08. The van der Waals surface area contributed by atoms with Crippen molar-refractivity contribution in [3.8, 4) is 0 Å². The highest BCUT2D eigenvalue weighted by Crippen LogP contribution is 2.39. The average Bonchev–Trinajstić information content (AvgIpc) is 3.41. The van der Waals surface area contributed by atoms with E-state index in [1.807, 2.05) is 11.0 Å². The molecule has 6 nitrogen and oxygen atoms in total. The summed E-state index contributed by atoms with van der Waals surface area (Å²) in [7, 11) is -3.91. The molecule has 1 N–H and O–H groups in total. The first kappa shape index (κ1) is 19.1. The fourth-order valence-electron chi connectivity index (χ4n) is 3.27. The molecule has 28 heavy (non-hydrogen) atoms. The van der Waals surface area contributed by atoms with E-state index >= 15 is 0 Å². The molecule has 0 spiro atoms. The van der Waals surface area contributed by atoms with Crippen LogP contribution in [0.5, 0.6) is 0 Å². The highest BCUT2D eigenvalue weighted by atomic mass is 32.2. The van der Waals surface area contributed by atoms with Crippen molar-refractivity contribution in [2.75, 3.05) is 18.0 Å². The second kappa shape index (κ2) is 7.00. The smallest absolute Gasteiger partial charge is 0.339 e. The van der Waals surface area contributed by atoms with Crippen molar-refractivity contribution in [1.29, 1.82) is 0 Å². The lowest BCUT2D eigenvalue weighted by Crippen LogP contribution is -2.37. The highest BCUT2D eigenvalue weighted by Gasteiger charge is 2.32. The Kier molecular flexibility index (Phi) is 4.78.